The highest BCUT2D eigenvalue weighted by Gasteiger charge is 2.08. The summed E-state index contributed by atoms with van der Waals surface area (Å²) < 4.78 is 0. The molecule has 0 unspecified atom stereocenters. The lowest BCUT2D eigenvalue weighted by molar-refractivity contribution is -0.140. The third-order valence-corrected chi connectivity index (χ3v) is 1.36. The van der Waals surface area contributed by atoms with Gasteiger partial charge in [0.1, 0.15) is 0 Å². The first-order valence-corrected chi connectivity index (χ1v) is 3.09. The maximum absolute atomic E-state index is 8.38. The van der Waals surface area contributed by atoms with Gasteiger partial charge in [0.25, 0.3) is 5.88 Å². The second-order valence-corrected chi connectivity index (χ2v) is 2.08. The van der Waals surface area contributed by atoms with Crippen molar-refractivity contribution in [3.05, 3.63) is 6.33 Å². The molecule has 0 aliphatic carbocycles. The van der Waals surface area contributed by atoms with Gasteiger partial charge in [-0.3, -0.25) is 0 Å². The first kappa shape index (κ1) is 6.80. The van der Waals surface area contributed by atoms with E-state index in [-0.39, 0.29) is 11.8 Å². The number of aromatic amines is 1. The standard InChI is InChI=1S/C5H5N5O2/c6-5-9-3-2(7-1-8-3)4(10-5)12-11/h1,11H,(H3,6,7,8,9,10). The predicted molar refractivity (Wildman–Crippen MR) is 39.4 cm³/mol. The molecule has 0 atom stereocenters. The van der Waals surface area contributed by atoms with Crippen molar-refractivity contribution in [3.8, 4) is 5.88 Å². The summed E-state index contributed by atoms with van der Waals surface area (Å²) in [5.41, 5.74) is 6.05. The molecule has 2 rings (SSSR count). The van der Waals surface area contributed by atoms with Gasteiger partial charge in [0.05, 0.1) is 6.33 Å². The maximum Gasteiger partial charge on any atom is 0.286 e. The van der Waals surface area contributed by atoms with Gasteiger partial charge in [-0.05, 0) is 0 Å². The molecule has 0 amide bonds. The Balaban J connectivity index is 2.80. The summed E-state index contributed by atoms with van der Waals surface area (Å²) >= 11 is 0. The number of rotatable bonds is 1. The van der Waals surface area contributed by atoms with Gasteiger partial charge in [-0.2, -0.15) is 9.97 Å². The third-order valence-electron chi connectivity index (χ3n) is 1.36. The summed E-state index contributed by atoms with van der Waals surface area (Å²) in [6, 6.07) is 0. The fourth-order valence-electron chi connectivity index (χ4n) is 0.889. The fraction of sp³-hybridized carbons (Fsp3) is 0. The largest absolute Gasteiger partial charge is 0.368 e. The minimum Gasteiger partial charge on any atom is -0.368 e. The molecule has 0 aliphatic rings. The van der Waals surface area contributed by atoms with Crippen LogP contribution in [0.25, 0.3) is 11.2 Å². The van der Waals surface area contributed by atoms with E-state index in [0.717, 1.165) is 0 Å². The molecule has 0 saturated heterocycles. The summed E-state index contributed by atoms with van der Waals surface area (Å²) in [6.07, 6.45) is 1.40. The highest BCUT2D eigenvalue weighted by Crippen LogP contribution is 2.18. The summed E-state index contributed by atoms with van der Waals surface area (Å²) in [7, 11) is 0. The van der Waals surface area contributed by atoms with Gasteiger partial charge >= 0.3 is 0 Å². The van der Waals surface area contributed by atoms with Crippen molar-refractivity contribution in [2.75, 3.05) is 5.73 Å². The minimum atomic E-state index is -0.0324. The summed E-state index contributed by atoms with van der Waals surface area (Å²) in [5, 5.41) is 8.38. The second kappa shape index (κ2) is 2.31. The first-order chi connectivity index (χ1) is 5.81. The Kier molecular flexibility index (Phi) is 1.31. The molecule has 0 aromatic carbocycles. The number of nitrogens with two attached hydrogens (primary N) is 1. The van der Waals surface area contributed by atoms with Crippen LogP contribution in [-0.4, -0.2) is 25.2 Å². The molecule has 0 spiro atoms. The Labute approximate surface area is 66.2 Å². The molecule has 2 heterocycles. The molecule has 0 fully saturated rings. The highest BCUT2D eigenvalue weighted by molar-refractivity contribution is 5.76. The van der Waals surface area contributed by atoms with Crippen LogP contribution in [0.15, 0.2) is 6.33 Å². The predicted octanol–water partition coefficient (Wildman–Crippen LogP) is -0.213. The second-order valence-electron chi connectivity index (χ2n) is 2.08. The van der Waals surface area contributed by atoms with Crippen LogP contribution in [0.3, 0.4) is 0 Å². The van der Waals surface area contributed by atoms with Gasteiger partial charge in [-0.15, -0.1) is 0 Å². The van der Waals surface area contributed by atoms with E-state index >= 15 is 0 Å². The zero-order valence-corrected chi connectivity index (χ0v) is 5.85. The normalized spacial score (nSPS) is 10.4. The molecular weight excluding hydrogens is 162 g/mol. The van der Waals surface area contributed by atoms with Crippen LogP contribution < -0.4 is 10.6 Å². The van der Waals surface area contributed by atoms with Crippen LogP contribution in [-0.2, 0) is 0 Å². The Morgan fingerprint density at radius 2 is 2.33 bits per heavy atom. The van der Waals surface area contributed by atoms with E-state index < -0.39 is 0 Å². The minimum absolute atomic E-state index is 0.00125. The number of nitrogens with one attached hydrogen (secondary N) is 1. The Morgan fingerprint density at radius 1 is 1.50 bits per heavy atom. The van der Waals surface area contributed by atoms with Crippen molar-refractivity contribution < 1.29 is 10.1 Å². The number of hydrogen-bond donors (Lipinski definition) is 3. The average molecular weight is 167 g/mol. The SMILES string of the molecule is Nc1nc(OO)c2[nH]cnc2n1. The van der Waals surface area contributed by atoms with Gasteiger partial charge < -0.3 is 15.6 Å². The number of anilines is 1. The Morgan fingerprint density at radius 3 is 3.08 bits per heavy atom. The van der Waals surface area contributed by atoms with E-state index in [9.17, 15) is 0 Å². The van der Waals surface area contributed by atoms with E-state index in [1.165, 1.54) is 6.33 Å². The molecule has 7 heteroatoms. The molecule has 62 valence electrons. The van der Waals surface area contributed by atoms with Crippen molar-refractivity contribution in [1.29, 1.82) is 0 Å². The first-order valence-electron chi connectivity index (χ1n) is 3.09. The Hall–Kier alpha value is -1.89. The van der Waals surface area contributed by atoms with E-state index in [1.807, 2.05) is 0 Å². The van der Waals surface area contributed by atoms with Gasteiger partial charge in [0.2, 0.25) is 5.95 Å². The van der Waals surface area contributed by atoms with Crippen LogP contribution in [0.5, 0.6) is 5.88 Å². The number of fused-ring (bicyclic) bond motifs is 1. The number of imidazole rings is 1. The van der Waals surface area contributed by atoms with Crippen LogP contribution >= 0.6 is 0 Å². The lowest BCUT2D eigenvalue weighted by Crippen LogP contribution is -1.98. The lowest BCUT2D eigenvalue weighted by atomic mass is 10.5. The number of H-pyrrole nitrogens is 1. The molecule has 7 nitrogen and oxygen atoms in total. The van der Waals surface area contributed by atoms with Crippen molar-refractivity contribution in [2.45, 2.75) is 0 Å². The lowest BCUT2D eigenvalue weighted by Gasteiger charge is -1.96. The average Bonchev–Trinajstić information content (AvgIpc) is 2.50. The molecule has 0 bridgehead atoms. The van der Waals surface area contributed by atoms with Gasteiger partial charge in [0, 0.05) is 0 Å². The summed E-state index contributed by atoms with van der Waals surface area (Å²) in [4.78, 5) is 17.9. The van der Waals surface area contributed by atoms with Crippen molar-refractivity contribution >= 4 is 17.1 Å². The molecule has 0 saturated carbocycles. The molecule has 0 aliphatic heterocycles. The van der Waals surface area contributed by atoms with E-state index in [4.69, 9.17) is 11.0 Å². The number of nitrogens with zero attached hydrogens (tertiary/aromatic N) is 3. The number of nitrogen functional groups attached to an aromatic ring is 1. The topological polar surface area (TPSA) is 110 Å². The zero-order chi connectivity index (χ0) is 8.55. The van der Waals surface area contributed by atoms with Crippen LogP contribution in [0.1, 0.15) is 0 Å². The number of hydrogen-bond acceptors (Lipinski definition) is 6. The van der Waals surface area contributed by atoms with E-state index in [2.05, 4.69) is 24.8 Å². The van der Waals surface area contributed by atoms with Crippen molar-refractivity contribution in [3.63, 3.8) is 0 Å². The fourth-order valence-corrected chi connectivity index (χ4v) is 0.889. The van der Waals surface area contributed by atoms with Crippen LogP contribution in [0.4, 0.5) is 5.95 Å². The molecule has 2 aromatic rings. The summed E-state index contributed by atoms with van der Waals surface area (Å²) in [6.45, 7) is 0. The maximum atomic E-state index is 8.38. The Bertz CT molecular complexity index is 411. The molecule has 0 radical (unpaired) electrons. The molecular formula is C5H5N5O2. The molecule has 2 aromatic heterocycles. The van der Waals surface area contributed by atoms with Crippen molar-refractivity contribution in [1.82, 2.24) is 19.9 Å². The van der Waals surface area contributed by atoms with Crippen molar-refractivity contribution in [2.24, 2.45) is 0 Å². The van der Waals surface area contributed by atoms with Gasteiger partial charge in [-0.1, -0.05) is 0 Å². The number of aromatic nitrogens is 4. The monoisotopic (exact) mass is 167 g/mol. The zero-order valence-electron chi connectivity index (χ0n) is 5.85. The highest BCUT2D eigenvalue weighted by atomic mass is 17.1. The van der Waals surface area contributed by atoms with Crippen LogP contribution in [0.2, 0.25) is 0 Å². The smallest absolute Gasteiger partial charge is 0.286 e. The van der Waals surface area contributed by atoms with Crippen LogP contribution in [0, 0.1) is 0 Å². The summed E-state index contributed by atoms with van der Waals surface area (Å²) in [5.74, 6) is -0.0337. The van der Waals surface area contributed by atoms with Gasteiger partial charge in [-0.25, -0.2) is 10.2 Å². The molecule has 12 heavy (non-hydrogen) atoms. The van der Waals surface area contributed by atoms with E-state index in [0.29, 0.717) is 11.2 Å². The quantitative estimate of drug-likeness (QED) is 0.400. The van der Waals surface area contributed by atoms with E-state index in [1.54, 1.807) is 0 Å². The van der Waals surface area contributed by atoms with Gasteiger partial charge in [0.15, 0.2) is 11.2 Å². The molecule has 4 N–H and O–H groups in total. The third kappa shape index (κ3) is 0.839.